The number of hydrogen-bond acceptors (Lipinski definition) is 5. The number of benzene rings is 2. The van der Waals surface area contributed by atoms with Gasteiger partial charge < -0.3 is 4.52 Å². The van der Waals surface area contributed by atoms with Crippen LogP contribution in [0.15, 0.2) is 60.7 Å². The van der Waals surface area contributed by atoms with Crippen LogP contribution in [-0.4, -0.2) is 5.97 Å². The Balaban J connectivity index is 2.05. The quantitative estimate of drug-likeness (QED) is 0.569. The highest BCUT2D eigenvalue weighted by atomic mass is 31.2. The molecule has 0 amide bonds. The summed E-state index contributed by atoms with van der Waals surface area (Å²) in [4.78, 5) is 12.1. The maximum absolute atomic E-state index is 13.0. The van der Waals surface area contributed by atoms with Gasteiger partial charge in [0, 0.05) is 0 Å². The van der Waals surface area contributed by atoms with Crippen LogP contribution >= 0.6 is 7.82 Å². The lowest BCUT2D eigenvalue weighted by Crippen LogP contribution is -2.15. The molecule has 0 fully saturated rings. The molecule has 140 valence electrons. The largest absolute Gasteiger partial charge is 0.532 e. The van der Waals surface area contributed by atoms with Gasteiger partial charge in [-0.2, -0.15) is 0 Å². The first-order chi connectivity index (χ1) is 12.3. The lowest BCUT2D eigenvalue weighted by Gasteiger charge is -2.21. The average Bonchev–Trinajstić information content (AvgIpc) is 2.59. The molecule has 0 aliphatic carbocycles. The van der Waals surface area contributed by atoms with Gasteiger partial charge >= 0.3 is 13.8 Å². The molecule has 2 aromatic carbocycles. The molecule has 0 unspecified atom stereocenters. The van der Waals surface area contributed by atoms with Gasteiger partial charge in [0.1, 0.15) is 0 Å². The molecular formula is C20H25O5P. The van der Waals surface area contributed by atoms with Crippen LogP contribution in [0.2, 0.25) is 0 Å². The molecule has 0 saturated heterocycles. The lowest BCUT2D eigenvalue weighted by atomic mass is 9.93. The Kier molecular flexibility index (Phi) is 7.15. The maximum Gasteiger partial charge on any atom is 0.532 e. The van der Waals surface area contributed by atoms with Crippen LogP contribution in [0.25, 0.3) is 0 Å². The molecule has 0 radical (unpaired) electrons. The molecule has 0 spiro atoms. The van der Waals surface area contributed by atoms with E-state index in [-0.39, 0.29) is 25.0 Å². The molecule has 0 heterocycles. The van der Waals surface area contributed by atoms with E-state index in [0.717, 1.165) is 11.1 Å². The molecule has 0 aromatic heterocycles. The normalized spacial score (nSPS) is 12.0. The van der Waals surface area contributed by atoms with E-state index in [2.05, 4.69) is 0 Å². The fourth-order valence-electron chi connectivity index (χ4n) is 2.14. The molecule has 0 aliphatic rings. The van der Waals surface area contributed by atoms with Gasteiger partial charge in [0.05, 0.1) is 19.6 Å². The third-order valence-corrected chi connectivity index (χ3v) is 4.67. The summed E-state index contributed by atoms with van der Waals surface area (Å²) in [5.41, 5.74) is 1.33. The van der Waals surface area contributed by atoms with E-state index in [1.807, 2.05) is 81.4 Å². The lowest BCUT2D eigenvalue weighted by molar-refractivity contribution is -0.138. The summed E-state index contributed by atoms with van der Waals surface area (Å²) in [5, 5.41) is 0. The zero-order chi connectivity index (χ0) is 19.0. The predicted molar refractivity (Wildman–Crippen MR) is 100 cm³/mol. The molecule has 6 heteroatoms. The Morgan fingerprint density at radius 2 is 1.27 bits per heavy atom. The average molecular weight is 376 g/mol. The number of carbonyl (C=O) groups excluding carboxylic acids is 1. The number of rotatable bonds is 8. The van der Waals surface area contributed by atoms with E-state index in [4.69, 9.17) is 13.6 Å². The molecule has 0 aliphatic heterocycles. The Labute approximate surface area is 154 Å². The first kappa shape index (κ1) is 20.4. The van der Waals surface area contributed by atoms with E-state index in [0.29, 0.717) is 0 Å². The summed E-state index contributed by atoms with van der Waals surface area (Å²) in [6.07, 6.45) is 0.111. The molecule has 0 bridgehead atoms. The van der Waals surface area contributed by atoms with Crippen molar-refractivity contribution in [3.63, 3.8) is 0 Å². The van der Waals surface area contributed by atoms with Crippen LogP contribution in [0.4, 0.5) is 0 Å². The highest BCUT2D eigenvalue weighted by molar-refractivity contribution is 7.49. The van der Waals surface area contributed by atoms with Gasteiger partial charge in [0.2, 0.25) is 0 Å². The van der Waals surface area contributed by atoms with Crippen molar-refractivity contribution in [3.05, 3.63) is 71.8 Å². The summed E-state index contributed by atoms with van der Waals surface area (Å²) in [7, 11) is -4.04. The SMILES string of the molecule is CC(C)(C)CC(=O)OP(=O)(OCc1ccccc1)OCc1ccccc1. The Morgan fingerprint density at radius 1 is 0.846 bits per heavy atom. The van der Waals surface area contributed by atoms with Crippen LogP contribution in [0, 0.1) is 5.41 Å². The van der Waals surface area contributed by atoms with Crippen LogP contribution in [0.1, 0.15) is 38.3 Å². The first-order valence-electron chi connectivity index (χ1n) is 8.45. The fraction of sp³-hybridized carbons (Fsp3) is 0.350. The van der Waals surface area contributed by atoms with Crippen LogP contribution in [0.5, 0.6) is 0 Å². The number of phosphoric acid groups is 1. The second-order valence-corrected chi connectivity index (χ2v) is 8.76. The van der Waals surface area contributed by atoms with Gasteiger partial charge in [-0.1, -0.05) is 81.4 Å². The van der Waals surface area contributed by atoms with Crippen LogP contribution in [0.3, 0.4) is 0 Å². The van der Waals surface area contributed by atoms with Gasteiger partial charge in [-0.25, -0.2) is 4.57 Å². The standard InChI is InChI=1S/C20H25O5P/c1-20(2,3)14-19(21)25-26(22,23-15-17-10-6-4-7-11-17)24-16-18-12-8-5-9-13-18/h4-13H,14-16H2,1-3H3. The zero-order valence-corrected chi connectivity index (χ0v) is 16.3. The second kappa shape index (κ2) is 9.13. The Bertz CT molecular complexity index is 690. The third kappa shape index (κ3) is 7.52. The highest BCUT2D eigenvalue weighted by Crippen LogP contribution is 2.51. The molecule has 0 N–H and O–H groups in total. The van der Waals surface area contributed by atoms with E-state index in [1.54, 1.807) is 0 Å². The Hall–Kier alpha value is -1.94. The van der Waals surface area contributed by atoms with Crippen molar-refractivity contribution in [2.24, 2.45) is 5.41 Å². The summed E-state index contributed by atoms with van der Waals surface area (Å²) in [6, 6.07) is 18.5. The smallest absolute Gasteiger partial charge is 0.370 e. The minimum absolute atomic E-state index is 0.0235. The summed E-state index contributed by atoms with van der Waals surface area (Å²) in [5.74, 6) is -0.609. The molecule has 0 atom stereocenters. The first-order valence-corrected chi connectivity index (χ1v) is 9.91. The molecule has 26 heavy (non-hydrogen) atoms. The van der Waals surface area contributed by atoms with Crippen molar-refractivity contribution in [1.82, 2.24) is 0 Å². The van der Waals surface area contributed by atoms with Crippen molar-refractivity contribution in [1.29, 1.82) is 0 Å². The van der Waals surface area contributed by atoms with Gasteiger partial charge in [-0.3, -0.25) is 13.8 Å². The molecule has 5 nitrogen and oxygen atoms in total. The molecule has 2 rings (SSSR count). The Morgan fingerprint density at radius 3 is 1.65 bits per heavy atom. The van der Waals surface area contributed by atoms with Crippen LogP contribution < -0.4 is 0 Å². The predicted octanol–water partition coefficient (Wildman–Crippen LogP) is 5.51. The maximum atomic E-state index is 13.0. The topological polar surface area (TPSA) is 61.8 Å². The van der Waals surface area contributed by atoms with E-state index < -0.39 is 13.8 Å². The summed E-state index contributed by atoms with van der Waals surface area (Å²) < 4.78 is 28.9. The van der Waals surface area contributed by atoms with E-state index in [9.17, 15) is 9.36 Å². The molecular weight excluding hydrogens is 351 g/mol. The van der Waals surface area contributed by atoms with Crippen LogP contribution in [-0.2, 0) is 36.1 Å². The fourth-order valence-corrected chi connectivity index (χ4v) is 3.24. The minimum atomic E-state index is -4.04. The van der Waals surface area contributed by atoms with Crippen molar-refractivity contribution in [2.45, 2.75) is 40.4 Å². The summed E-state index contributed by atoms with van der Waals surface area (Å²) in [6.45, 7) is 5.74. The highest BCUT2D eigenvalue weighted by Gasteiger charge is 2.33. The van der Waals surface area contributed by atoms with E-state index in [1.165, 1.54) is 0 Å². The van der Waals surface area contributed by atoms with Gasteiger partial charge in [-0.15, -0.1) is 0 Å². The molecule has 2 aromatic rings. The third-order valence-electron chi connectivity index (χ3n) is 3.35. The van der Waals surface area contributed by atoms with Gasteiger partial charge in [0.15, 0.2) is 0 Å². The van der Waals surface area contributed by atoms with Crippen molar-refractivity contribution < 1.29 is 22.9 Å². The van der Waals surface area contributed by atoms with Crippen molar-refractivity contribution in [2.75, 3.05) is 0 Å². The minimum Gasteiger partial charge on any atom is -0.370 e. The number of hydrogen-bond donors (Lipinski definition) is 0. The molecule has 0 saturated carbocycles. The van der Waals surface area contributed by atoms with Crippen molar-refractivity contribution >= 4 is 13.8 Å². The van der Waals surface area contributed by atoms with Gasteiger partial charge in [-0.05, 0) is 16.5 Å². The van der Waals surface area contributed by atoms with Gasteiger partial charge in [0.25, 0.3) is 0 Å². The monoisotopic (exact) mass is 376 g/mol. The summed E-state index contributed by atoms with van der Waals surface area (Å²) >= 11 is 0. The number of phosphoric ester groups is 1. The number of carbonyl (C=O) groups is 1. The zero-order valence-electron chi connectivity index (χ0n) is 15.4. The van der Waals surface area contributed by atoms with Crippen molar-refractivity contribution in [3.8, 4) is 0 Å². The van der Waals surface area contributed by atoms with E-state index >= 15 is 0 Å². The second-order valence-electron chi connectivity index (χ2n) is 7.17.